The standard InChI is InChI=1S/C24H23ClN2O3/c1-3-29-23-14-19(15-26-27-24(28)21-7-5-4-6-17(21)2)10-13-22(23)30-16-18-8-11-20(25)12-9-18/h4-15H,3,16H2,1-2H3,(H,27,28)/b26-15+. The zero-order valence-corrected chi connectivity index (χ0v) is 17.6. The number of carbonyl (C=O) groups excluding carboxylic acids is 1. The fourth-order valence-electron chi connectivity index (χ4n) is 2.79. The lowest BCUT2D eigenvalue weighted by Crippen LogP contribution is -2.18. The molecule has 0 unspecified atom stereocenters. The molecule has 6 heteroatoms. The molecule has 0 atom stereocenters. The summed E-state index contributed by atoms with van der Waals surface area (Å²) in [6.45, 7) is 4.70. The molecule has 0 spiro atoms. The predicted octanol–water partition coefficient (Wildman–Crippen LogP) is 5.39. The van der Waals surface area contributed by atoms with Crippen molar-refractivity contribution in [3.63, 3.8) is 0 Å². The number of hydrogen-bond donors (Lipinski definition) is 1. The number of nitrogens with one attached hydrogen (secondary N) is 1. The Labute approximate surface area is 181 Å². The van der Waals surface area contributed by atoms with Crippen molar-refractivity contribution in [3.8, 4) is 11.5 Å². The van der Waals surface area contributed by atoms with Crippen LogP contribution in [0.1, 0.15) is 34.0 Å². The van der Waals surface area contributed by atoms with Crippen molar-refractivity contribution in [2.75, 3.05) is 6.61 Å². The van der Waals surface area contributed by atoms with Crippen molar-refractivity contribution in [2.45, 2.75) is 20.5 Å². The molecule has 1 N–H and O–H groups in total. The van der Waals surface area contributed by atoms with E-state index in [9.17, 15) is 4.79 Å². The van der Waals surface area contributed by atoms with Gasteiger partial charge in [0.05, 0.1) is 12.8 Å². The molecule has 154 valence electrons. The van der Waals surface area contributed by atoms with Crippen LogP contribution in [0.5, 0.6) is 11.5 Å². The summed E-state index contributed by atoms with van der Waals surface area (Å²) in [6.07, 6.45) is 1.57. The normalized spacial score (nSPS) is 10.8. The number of aryl methyl sites for hydroxylation is 1. The van der Waals surface area contributed by atoms with Crippen molar-refractivity contribution in [1.29, 1.82) is 0 Å². The summed E-state index contributed by atoms with van der Waals surface area (Å²) in [5, 5.41) is 4.75. The van der Waals surface area contributed by atoms with Gasteiger partial charge in [-0.05, 0) is 66.9 Å². The van der Waals surface area contributed by atoms with Crippen LogP contribution in [-0.4, -0.2) is 18.7 Å². The molecule has 0 aliphatic carbocycles. The lowest BCUT2D eigenvalue weighted by Gasteiger charge is -2.12. The van der Waals surface area contributed by atoms with Crippen molar-refractivity contribution >= 4 is 23.7 Å². The Morgan fingerprint density at radius 2 is 1.80 bits per heavy atom. The van der Waals surface area contributed by atoms with Crippen LogP contribution in [-0.2, 0) is 6.61 Å². The third kappa shape index (κ3) is 5.84. The van der Waals surface area contributed by atoms with Crippen molar-refractivity contribution in [3.05, 3.63) is 94.0 Å². The van der Waals surface area contributed by atoms with Gasteiger partial charge in [0, 0.05) is 10.6 Å². The molecule has 0 heterocycles. The minimum atomic E-state index is -0.253. The summed E-state index contributed by atoms with van der Waals surface area (Å²) in [6, 6.07) is 20.4. The molecule has 0 radical (unpaired) electrons. The van der Waals surface area contributed by atoms with E-state index in [4.69, 9.17) is 21.1 Å². The van der Waals surface area contributed by atoms with Gasteiger partial charge in [-0.2, -0.15) is 5.10 Å². The Kier molecular flexibility index (Phi) is 7.46. The zero-order valence-electron chi connectivity index (χ0n) is 16.9. The molecule has 30 heavy (non-hydrogen) atoms. The number of carbonyl (C=O) groups is 1. The van der Waals surface area contributed by atoms with Gasteiger partial charge < -0.3 is 9.47 Å². The molecule has 5 nitrogen and oxygen atoms in total. The molecular weight excluding hydrogens is 400 g/mol. The fraction of sp³-hybridized carbons (Fsp3) is 0.167. The van der Waals surface area contributed by atoms with Gasteiger partial charge in [0.25, 0.3) is 5.91 Å². The molecule has 0 bridgehead atoms. The van der Waals surface area contributed by atoms with Crippen LogP contribution < -0.4 is 14.9 Å². The smallest absolute Gasteiger partial charge is 0.271 e. The van der Waals surface area contributed by atoms with E-state index in [-0.39, 0.29) is 5.91 Å². The van der Waals surface area contributed by atoms with Crippen LogP contribution in [0.4, 0.5) is 0 Å². The second-order valence-corrected chi connectivity index (χ2v) is 7.00. The Balaban J connectivity index is 1.66. The second kappa shape index (κ2) is 10.5. The Bertz CT molecular complexity index is 1030. The van der Waals surface area contributed by atoms with Crippen LogP contribution in [0, 0.1) is 6.92 Å². The van der Waals surface area contributed by atoms with Gasteiger partial charge in [-0.25, -0.2) is 5.43 Å². The Morgan fingerprint density at radius 3 is 2.53 bits per heavy atom. The van der Waals surface area contributed by atoms with E-state index < -0.39 is 0 Å². The SMILES string of the molecule is CCOc1cc(/C=N/NC(=O)c2ccccc2C)ccc1OCc1ccc(Cl)cc1. The Hall–Kier alpha value is -3.31. The maximum Gasteiger partial charge on any atom is 0.271 e. The summed E-state index contributed by atoms with van der Waals surface area (Å²) >= 11 is 5.92. The largest absolute Gasteiger partial charge is 0.490 e. The molecule has 3 aromatic carbocycles. The van der Waals surface area contributed by atoms with E-state index in [0.717, 1.165) is 16.7 Å². The minimum absolute atomic E-state index is 0.253. The summed E-state index contributed by atoms with van der Waals surface area (Å²) in [7, 11) is 0. The summed E-state index contributed by atoms with van der Waals surface area (Å²) in [4.78, 5) is 12.2. The van der Waals surface area contributed by atoms with E-state index in [1.165, 1.54) is 0 Å². The number of benzene rings is 3. The first-order valence-electron chi connectivity index (χ1n) is 9.60. The average Bonchev–Trinajstić information content (AvgIpc) is 2.75. The van der Waals surface area contributed by atoms with Crippen molar-refractivity contribution < 1.29 is 14.3 Å². The van der Waals surface area contributed by atoms with E-state index >= 15 is 0 Å². The highest BCUT2D eigenvalue weighted by Crippen LogP contribution is 2.29. The van der Waals surface area contributed by atoms with Gasteiger partial charge in [0.15, 0.2) is 11.5 Å². The topological polar surface area (TPSA) is 59.9 Å². The van der Waals surface area contributed by atoms with Crippen molar-refractivity contribution in [1.82, 2.24) is 5.43 Å². The quantitative estimate of drug-likeness (QED) is 0.391. The van der Waals surface area contributed by atoms with E-state index in [1.807, 2.05) is 74.5 Å². The van der Waals surface area contributed by atoms with E-state index in [2.05, 4.69) is 10.5 Å². The highest BCUT2D eigenvalue weighted by atomic mass is 35.5. The predicted molar refractivity (Wildman–Crippen MR) is 120 cm³/mol. The molecule has 0 saturated heterocycles. The summed E-state index contributed by atoms with van der Waals surface area (Å²) in [5.41, 5.74) is 5.83. The zero-order chi connectivity index (χ0) is 21.3. The third-order valence-electron chi connectivity index (χ3n) is 4.34. The number of hydrogen-bond acceptors (Lipinski definition) is 4. The number of halogens is 1. The Morgan fingerprint density at radius 1 is 1.03 bits per heavy atom. The monoisotopic (exact) mass is 422 g/mol. The van der Waals surface area contributed by atoms with Gasteiger partial charge in [-0.15, -0.1) is 0 Å². The average molecular weight is 423 g/mol. The van der Waals surface area contributed by atoms with Crippen LogP contribution in [0.2, 0.25) is 5.02 Å². The molecule has 0 aromatic heterocycles. The number of ether oxygens (including phenoxy) is 2. The van der Waals surface area contributed by atoms with E-state index in [0.29, 0.717) is 35.3 Å². The molecular formula is C24H23ClN2O3. The summed E-state index contributed by atoms with van der Waals surface area (Å²) in [5.74, 6) is 0.992. The first-order chi connectivity index (χ1) is 14.6. The number of hydrazone groups is 1. The maximum atomic E-state index is 12.2. The lowest BCUT2D eigenvalue weighted by atomic mass is 10.1. The third-order valence-corrected chi connectivity index (χ3v) is 4.60. The highest BCUT2D eigenvalue weighted by molar-refractivity contribution is 6.30. The molecule has 1 amide bonds. The second-order valence-electron chi connectivity index (χ2n) is 6.57. The van der Waals surface area contributed by atoms with Crippen LogP contribution in [0.3, 0.4) is 0 Å². The molecule has 3 aromatic rings. The van der Waals surface area contributed by atoms with Crippen molar-refractivity contribution in [2.24, 2.45) is 5.10 Å². The fourth-order valence-corrected chi connectivity index (χ4v) is 2.91. The first-order valence-corrected chi connectivity index (χ1v) is 9.97. The van der Waals surface area contributed by atoms with Crippen LogP contribution in [0.25, 0.3) is 0 Å². The maximum absolute atomic E-state index is 12.2. The molecule has 3 rings (SSSR count). The molecule has 0 saturated carbocycles. The first kappa shape index (κ1) is 21.4. The van der Waals surface area contributed by atoms with Gasteiger partial charge >= 0.3 is 0 Å². The molecule has 0 fully saturated rings. The number of amides is 1. The van der Waals surface area contributed by atoms with Gasteiger partial charge in [-0.3, -0.25) is 4.79 Å². The highest BCUT2D eigenvalue weighted by Gasteiger charge is 2.08. The molecule has 0 aliphatic heterocycles. The minimum Gasteiger partial charge on any atom is -0.490 e. The van der Waals surface area contributed by atoms with Gasteiger partial charge in [-0.1, -0.05) is 41.9 Å². The van der Waals surface area contributed by atoms with Crippen LogP contribution in [0.15, 0.2) is 71.8 Å². The van der Waals surface area contributed by atoms with E-state index in [1.54, 1.807) is 12.3 Å². The lowest BCUT2D eigenvalue weighted by molar-refractivity contribution is 0.0954. The number of rotatable bonds is 8. The molecule has 0 aliphatic rings. The summed E-state index contributed by atoms with van der Waals surface area (Å²) < 4.78 is 11.6. The van der Waals surface area contributed by atoms with Gasteiger partial charge in [0.2, 0.25) is 0 Å². The van der Waals surface area contributed by atoms with Crippen LogP contribution >= 0.6 is 11.6 Å². The number of nitrogens with zero attached hydrogens (tertiary/aromatic N) is 1. The van der Waals surface area contributed by atoms with Gasteiger partial charge in [0.1, 0.15) is 6.61 Å².